The second-order valence-electron chi connectivity index (χ2n) is 9.32. The molecular weight excluding hydrogens is 458 g/mol. The van der Waals surface area contributed by atoms with Crippen LogP contribution < -0.4 is 9.47 Å². The van der Waals surface area contributed by atoms with Gasteiger partial charge >= 0.3 is 0 Å². The molecule has 7 heteroatoms. The van der Waals surface area contributed by atoms with Crippen molar-refractivity contribution in [1.82, 2.24) is 4.90 Å². The second kappa shape index (κ2) is 13.1. The lowest BCUT2D eigenvalue weighted by Gasteiger charge is -2.25. The van der Waals surface area contributed by atoms with Crippen molar-refractivity contribution in [3.8, 4) is 11.5 Å². The van der Waals surface area contributed by atoms with Gasteiger partial charge < -0.3 is 24.2 Å². The summed E-state index contributed by atoms with van der Waals surface area (Å²) in [4.78, 5) is 27.8. The van der Waals surface area contributed by atoms with E-state index in [1.165, 1.54) is 4.90 Å². The van der Waals surface area contributed by atoms with Gasteiger partial charge in [0.25, 0.3) is 11.7 Å². The lowest BCUT2D eigenvalue weighted by Crippen LogP contribution is -2.31. The summed E-state index contributed by atoms with van der Waals surface area (Å²) in [6, 6.07) is 13.5. The maximum Gasteiger partial charge on any atom is 0.295 e. The Morgan fingerprint density at radius 1 is 1.00 bits per heavy atom. The highest BCUT2D eigenvalue weighted by atomic mass is 16.5. The maximum absolute atomic E-state index is 13.2. The van der Waals surface area contributed by atoms with E-state index in [9.17, 15) is 14.7 Å². The number of Topliss-reactive ketones (excluding diaryl/α,β-unsaturated/α-hetero) is 1. The number of amides is 1. The van der Waals surface area contributed by atoms with E-state index >= 15 is 0 Å². The highest BCUT2D eigenvalue weighted by Gasteiger charge is 2.45. The van der Waals surface area contributed by atoms with Crippen LogP contribution in [0.25, 0.3) is 5.76 Å². The summed E-state index contributed by atoms with van der Waals surface area (Å²) < 4.78 is 16.7. The van der Waals surface area contributed by atoms with Crippen molar-refractivity contribution in [1.29, 1.82) is 0 Å². The average molecular weight is 496 g/mol. The molecule has 2 aromatic carbocycles. The number of aliphatic hydroxyl groups is 1. The zero-order chi connectivity index (χ0) is 26.1. The second-order valence-corrected chi connectivity index (χ2v) is 9.32. The first-order valence-corrected chi connectivity index (χ1v) is 12.6. The quantitative estimate of drug-likeness (QED) is 0.174. The van der Waals surface area contributed by atoms with Crippen LogP contribution >= 0.6 is 0 Å². The molecule has 3 rings (SSSR count). The van der Waals surface area contributed by atoms with E-state index in [0.717, 1.165) is 12.8 Å². The fraction of sp³-hybridized carbons (Fsp3) is 0.448. The predicted molar refractivity (Wildman–Crippen MR) is 139 cm³/mol. The Morgan fingerprint density at radius 2 is 1.72 bits per heavy atom. The molecule has 194 valence electrons. The molecule has 1 aliphatic heterocycles. The molecular formula is C29H37NO6. The minimum atomic E-state index is -0.730. The van der Waals surface area contributed by atoms with Gasteiger partial charge in [-0.05, 0) is 67.1 Å². The van der Waals surface area contributed by atoms with Crippen LogP contribution in [-0.2, 0) is 14.3 Å². The van der Waals surface area contributed by atoms with E-state index in [1.807, 2.05) is 31.2 Å². The normalized spacial score (nSPS) is 17.1. The molecule has 1 amide bonds. The van der Waals surface area contributed by atoms with Gasteiger partial charge in [-0.15, -0.1) is 0 Å². The van der Waals surface area contributed by atoms with Crippen LogP contribution in [0.15, 0.2) is 54.1 Å². The number of carbonyl (C=O) groups is 2. The molecule has 7 nitrogen and oxygen atoms in total. The lowest BCUT2D eigenvalue weighted by molar-refractivity contribution is -0.140. The number of rotatable bonds is 13. The summed E-state index contributed by atoms with van der Waals surface area (Å²) >= 11 is 0. The summed E-state index contributed by atoms with van der Waals surface area (Å²) in [6.07, 6.45) is 2.36. The Bertz CT molecular complexity index is 1060. The molecule has 2 aromatic rings. The van der Waals surface area contributed by atoms with Gasteiger partial charge in [0, 0.05) is 25.8 Å². The van der Waals surface area contributed by atoms with E-state index in [-0.39, 0.29) is 11.3 Å². The van der Waals surface area contributed by atoms with E-state index in [2.05, 4.69) is 13.8 Å². The summed E-state index contributed by atoms with van der Waals surface area (Å²) in [5.41, 5.74) is 1.22. The van der Waals surface area contributed by atoms with Crippen molar-refractivity contribution >= 4 is 17.4 Å². The van der Waals surface area contributed by atoms with Gasteiger partial charge in [-0.2, -0.15) is 0 Å². The monoisotopic (exact) mass is 495 g/mol. The van der Waals surface area contributed by atoms with Crippen LogP contribution in [0.4, 0.5) is 0 Å². The zero-order valence-electron chi connectivity index (χ0n) is 21.7. The number of hydrogen-bond acceptors (Lipinski definition) is 6. The fourth-order valence-corrected chi connectivity index (χ4v) is 4.11. The van der Waals surface area contributed by atoms with Crippen molar-refractivity contribution in [3.63, 3.8) is 0 Å². The number of ketones is 1. The standard InChI is InChI=1S/C29H37NO6/c1-5-16-35-23-12-10-21(11-13-23)27(31)25-26(30(15-7-17-34-4)29(33)28(25)32)22-8-6-9-24(19-22)36-18-14-20(2)3/h6,8-13,19-20,26,31H,5,7,14-18H2,1-4H3/b27-25+. The van der Waals surface area contributed by atoms with Crippen LogP contribution in [0.3, 0.4) is 0 Å². The van der Waals surface area contributed by atoms with Crippen molar-refractivity contribution in [3.05, 3.63) is 65.2 Å². The molecule has 0 aliphatic carbocycles. The fourth-order valence-electron chi connectivity index (χ4n) is 4.11. The minimum Gasteiger partial charge on any atom is -0.507 e. The Morgan fingerprint density at radius 3 is 2.39 bits per heavy atom. The minimum absolute atomic E-state index is 0.0685. The molecule has 1 saturated heterocycles. The first-order chi connectivity index (χ1) is 17.4. The summed E-state index contributed by atoms with van der Waals surface area (Å²) in [7, 11) is 1.59. The van der Waals surface area contributed by atoms with E-state index in [0.29, 0.717) is 61.3 Å². The Labute approximate surface area is 213 Å². The highest BCUT2D eigenvalue weighted by Crippen LogP contribution is 2.40. The van der Waals surface area contributed by atoms with Crippen LogP contribution in [0.2, 0.25) is 0 Å². The third-order valence-corrected chi connectivity index (χ3v) is 6.03. The molecule has 0 radical (unpaired) electrons. The number of likely N-dealkylation sites (tertiary alicyclic amines) is 1. The Kier molecular flexibility index (Phi) is 9.94. The summed E-state index contributed by atoms with van der Waals surface area (Å²) in [5.74, 6) is 0.309. The molecule has 1 unspecified atom stereocenters. The molecule has 1 N–H and O–H groups in total. The van der Waals surface area contributed by atoms with E-state index < -0.39 is 17.7 Å². The Hall–Kier alpha value is -3.32. The van der Waals surface area contributed by atoms with Gasteiger partial charge in [0.1, 0.15) is 17.3 Å². The van der Waals surface area contributed by atoms with Gasteiger partial charge in [-0.25, -0.2) is 0 Å². The molecule has 0 spiro atoms. The number of benzene rings is 2. The van der Waals surface area contributed by atoms with Gasteiger partial charge in [-0.1, -0.05) is 32.9 Å². The van der Waals surface area contributed by atoms with Crippen LogP contribution in [0, 0.1) is 5.92 Å². The van der Waals surface area contributed by atoms with Gasteiger partial charge in [-0.3, -0.25) is 9.59 Å². The first kappa shape index (κ1) is 27.3. The number of nitrogens with zero attached hydrogens (tertiary/aromatic N) is 1. The third kappa shape index (κ3) is 6.66. The molecule has 1 fully saturated rings. The number of aliphatic hydroxyl groups excluding tert-OH is 1. The van der Waals surface area contributed by atoms with Crippen LogP contribution in [0.1, 0.15) is 57.2 Å². The third-order valence-electron chi connectivity index (χ3n) is 6.03. The van der Waals surface area contributed by atoms with E-state index in [1.54, 1.807) is 31.4 Å². The number of methoxy groups -OCH3 is 1. The number of ether oxygens (including phenoxy) is 3. The Balaban J connectivity index is 2.00. The van der Waals surface area contributed by atoms with Gasteiger partial charge in [0.05, 0.1) is 24.8 Å². The molecule has 0 aromatic heterocycles. The van der Waals surface area contributed by atoms with Crippen molar-refractivity contribution in [2.45, 2.75) is 46.1 Å². The summed E-state index contributed by atoms with van der Waals surface area (Å²) in [5, 5.41) is 11.3. The van der Waals surface area contributed by atoms with Crippen molar-refractivity contribution in [2.24, 2.45) is 5.92 Å². The van der Waals surface area contributed by atoms with Crippen molar-refractivity contribution < 1.29 is 28.9 Å². The van der Waals surface area contributed by atoms with Crippen molar-refractivity contribution in [2.75, 3.05) is 33.5 Å². The average Bonchev–Trinajstić information content (AvgIpc) is 3.12. The molecule has 1 atom stereocenters. The maximum atomic E-state index is 13.2. The molecule has 0 bridgehead atoms. The van der Waals surface area contributed by atoms with Crippen LogP contribution in [-0.4, -0.2) is 55.2 Å². The SMILES string of the molecule is CCCOc1ccc(/C(O)=C2\C(=O)C(=O)N(CCCOC)C2c2cccc(OCCC(C)C)c2)cc1. The zero-order valence-corrected chi connectivity index (χ0v) is 21.7. The molecule has 36 heavy (non-hydrogen) atoms. The lowest BCUT2D eigenvalue weighted by atomic mass is 9.95. The number of hydrogen-bond donors (Lipinski definition) is 1. The smallest absolute Gasteiger partial charge is 0.295 e. The number of carbonyl (C=O) groups excluding carboxylic acids is 2. The van der Waals surface area contributed by atoms with E-state index in [4.69, 9.17) is 14.2 Å². The van der Waals surface area contributed by atoms with Gasteiger partial charge in [0.2, 0.25) is 0 Å². The highest BCUT2D eigenvalue weighted by molar-refractivity contribution is 6.46. The van der Waals surface area contributed by atoms with Gasteiger partial charge in [0.15, 0.2) is 0 Å². The molecule has 0 saturated carbocycles. The molecule has 1 heterocycles. The van der Waals surface area contributed by atoms with Crippen LogP contribution in [0.5, 0.6) is 11.5 Å². The largest absolute Gasteiger partial charge is 0.507 e. The topological polar surface area (TPSA) is 85.3 Å². The molecule has 1 aliphatic rings. The first-order valence-electron chi connectivity index (χ1n) is 12.6. The summed E-state index contributed by atoms with van der Waals surface area (Å²) in [6.45, 7) is 8.23. The predicted octanol–water partition coefficient (Wildman–Crippen LogP) is 5.36.